The molecule has 0 radical (unpaired) electrons. The Morgan fingerprint density at radius 2 is 1.93 bits per heavy atom. The van der Waals surface area contributed by atoms with Gasteiger partial charge in [-0.2, -0.15) is 0 Å². The molecule has 0 spiro atoms. The van der Waals surface area contributed by atoms with Crippen molar-refractivity contribution in [3.05, 3.63) is 66.0 Å². The summed E-state index contributed by atoms with van der Waals surface area (Å²) in [5.41, 5.74) is 1.77. The van der Waals surface area contributed by atoms with Gasteiger partial charge in [0.05, 0.1) is 5.92 Å². The Bertz CT molecular complexity index is 1010. The summed E-state index contributed by atoms with van der Waals surface area (Å²) in [5, 5.41) is 11.3. The number of carbonyl (C=O) groups is 2. The first-order chi connectivity index (χ1) is 14.1. The fourth-order valence-corrected chi connectivity index (χ4v) is 4.70. The van der Waals surface area contributed by atoms with Gasteiger partial charge in [0.15, 0.2) is 4.34 Å². The summed E-state index contributed by atoms with van der Waals surface area (Å²) in [4.78, 5) is 26.5. The van der Waals surface area contributed by atoms with Crippen molar-refractivity contribution in [2.75, 3.05) is 16.8 Å². The second kappa shape index (κ2) is 8.71. The van der Waals surface area contributed by atoms with E-state index in [-0.39, 0.29) is 24.1 Å². The van der Waals surface area contributed by atoms with Gasteiger partial charge in [-0.15, -0.1) is 10.2 Å². The molecule has 0 saturated carbocycles. The van der Waals surface area contributed by atoms with Gasteiger partial charge in [-0.1, -0.05) is 53.4 Å². The lowest BCUT2D eigenvalue weighted by molar-refractivity contribution is -0.122. The maximum absolute atomic E-state index is 13.0. The molecule has 2 aromatic carbocycles. The van der Waals surface area contributed by atoms with E-state index in [0.717, 1.165) is 11.3 Å². The molecule has 1 aromatic heterocycles. The minimum absolute atomic E-state index is 0.0656. The molecule has 3 aromatic rings. The molecule has 0 aliphatic carbocycles. The number of hydrogen-bond acceptors (Lipinski definition) is 6. The zero-order valence-corrected chi connectivity index (χ0v) is 16.9. The van der Waals surface area contributed by atoms with E-state index in [4.69, 9.17) is 0 Å². The standard InChI is InChI=1S/C20H17FN4O2S2/c21-15-8-6-13(7-9-15)12-28-20-24-23-19(29-20)22-18(27)14-10-17(26)25(11-14)16-4-2-1-3-5-16/h1-9,14H,10-12H2,(H,22,23,27)/t14-/m0/s1. The van der Waals surface area contributed by atoms with E-state index in [2.05, 4.69) is 15.5 Å². The SMILES string of the molecule is O=C(Nc1nnc(SCc2ccc(F)cc2)s1)[C@H]1CC(=O)N(c2ccccc2)C1. The second-order valence-electron chi connectivity index (χ2n) is 6.52. The van der Waals surface area contributed by atoms with Crippen LogP contribution >= 0.6 is 23.1 Å². The Hall–Kier alpha value is -2.78. The highest BCUT2D eigenvalue weighted by Crippen LogP contribution is 2.30. The van der Waals surface area contributed by atoms with Gasteiger partial charge in [-0.25, -0.2) is 4.39 Å². The molecule has 148 valence electrons. The third-order valence-electron chi connectivity index (χ3n) is 4.48. The first kappa shape index (κ1) is 19.5. The van der Waals surface area contributed by atoms with Crippen molar-refractivity contribution < 1.29 is 14.0 Å². The van der Waals surface area contributed by atoms with Crippen LogP contribution in [0.3, 0.4) is 0 Å². The lowest BCUT2D eigenvalue weighted by Gasteiger charge is -2.16. The van der Waals surface area contributed by atoms with Gasteiger partial charge >= 0.3 is 0 Å². The third kappa shape index (κ3) is 4.80. The zero-order chi connectivity index (χ0) is 20.2. The van der Waals surface area contributed by atoms with Crippen molar-refractivity contribution >= 4 is 45.7 Å². The smallest absolute Gasteiger partial charge is 0.231 e. The Morgan fingerprint density at radius 3 is 2.69 bits per heavy atom. The number of amides is 2. The minimum Gasteiger partial charge on any atom is -0.312 e. The van der Waals surface area contributed by atoms with Crippen LogP contribution in [-0.2, 0) is 15.3 Å². The van der Waals surface area contributed by atoms with E-state index < -0.39 is 5.92 Å². The van der Waals surface area contributed by atoms with E-state index >= 15 is 0 Å². The van der Waals surface area contributed by atoms with Crippen LogP contribution < -0.4 is 10.2 Å². The van der Waals surface area contributed by atoms with Crippen LogP contribution in [0.2, 0.25) is 0 Å². The molecular formula is C20H17FN4O2S2. The summed E-state index contributed by atoms with van der Waals surface area (Å²) in [5.74, 6) is -0.364. The number of benzene rings is 2. The number of hydrogen-bond donors (Lipinski definition) is 1. The topological polar surface area (TPSA) is 75.2 Å². The van der Waals surface area contributed by atoms with E-state index in [1.165, 1.54) is 35.2 Å². The van der Waals surface area contributed by atoms with Crippen LogP contribution in [0.1, 0.15) is 12.0 Å². The number of halogens is 1. The van der Waals surface area contributed by atoms with E-state index in [1.54, 1.807) is 17.0 Å². The fraction of sp³-hybridized carbons (Fsp3) is 0.200. The number of para-hydroxylation sites is 1. The van der Waals surface area contributed by atoms with Gasteiger partial charge in [0.1, 0.15) is 5.82 Å². The van der Waals surface area contributed by atoms with E-state index in [0.29, 0.717) is 21.8 Å². The predicted octanol–water partition coefficient (Wildman–Crippen LogP) is 3.96. The summed E-state index contributed by atoms with van der Waals surface area (Å²) in [6.45, 7) is 0.347. The van der Waals surface area contributed by atoms with Crippen molar-refractivity contribution in [2.24, 2.45) is 5.92 Å². The van der Waals surface area contributed by atoms with Crippen LogP contribution in [0.15, 0.2) is 58.9 Å². The number of anilines is 2. The highest BCUT2D eigenvalue weighted by molar-refractivity contribution is 8.00. The predicted molar refractivity (Wildman–Crippen MR) is 111 cm³/mol. The van der Waals surface area contributed by atoms with Crippen LogP contribution in [0, 0.1) is 11.7 Å². The normalized spacial score (nSPS) is 16.2. The Kier molecular flexibility index (Phi) is 5.86. The molecular weight excluding hydrogens is 411 g/mol. The van der Waals surface area contributed by atoms with Crippen LogP contribution in [0.5, 0.6) is 0 Å². The molecule has 1 N–H and O–H groups in total. The van der Waals surface area contributed by atoms with Gasteiger partial charge in [0, 0.05) is 24.4 Å². The zero-order valence-electron chi connectivity index (χ0n) is 15.2. The molecule has 4 rings (SSSR count). The van der Waals surface area contributed by atoms with Gasteiger partial charge in [0.2, 0.25) is 16.9 Å². The maximum atomic E-state index is 13.0. The molecule has 9 heteroatoms. The van der Waals surface area contributed by atoms with E-state index in [9.17, 15) is 14.0 Å². The average Bonchev–Trinajstić information content (AvgIpc) is 3.34. The number of carbonyl (C=O) groups excluding carboxylic acids is 2. The van der Waals surface area contributed by atoms with Crippen molar-refractivity contribution in [2.45, 2.75) is 16.5 Å². The molecule has 29 heavy (non-hydrogen) atoms. The lowest BCUT2D eigenvalue weighted by Crippen LogP contribution is -2.28. The molecule has 2 amide bonds. The van der Waals surface area contributed by atoms with Crippen molar-refractivity contribution in [1.29, 1.82) is 0 Å². The summed E-state index contributed by atoms with van der Waals surface area (Å²) in [6.07, 6.45) is 0.172. The van der Waals surface area contributed by atoms with Crippen molar-refractivity contribution in [3.63, 3.8) is 0 Å². The Balaban J connectivity index is 1.32. The average molecular weight is 429 g/mol. The maximum Gasteiger partial charge on any atom is 0.231 e. The largest absolute Gasteiger partial charge is 0.312 e. The molecule has 1 aliphatic rings. The third-order valence-corrected chi connectivity index (χ3v) is 6.52. The molecule has 2 heterocycles. The van der Waals surface area contributed by atoms with Gasteiger partial charge < -0.3 is 10.2 Å². The molecule has 1 aliphatic heterocycles. The quantitative estimate of drug-likeness (QED) is 0.475. The van der Waals surface area contributed by atoms with Crippen LogP contribution in [0.25, 0.3) is 0 Å². The van der Waals surface area contributed by atoms with Gasteiger partial charge in [0.25, 0.3) is 0 Å². The Morgan fingerprint density at radius 1 is 1.17 bits per heavy atom. The van der Waals surface area contributed by atoms with Gasteiger partial charge in [-0.05, 0) is 29.8 Å². The van der Waals surface area contributed by atoms with Crippen molar-refractivity contribution in [3.8, 4) is 0 Å². The monoisotopic (exact) mass is 428 g/mol. The lowest BCUT2D eigenvalue weighted by atomic mass is 10.1. The van der Waals surface area contributed by atoms with E-state index in [1.807, 2.05) is 30.3 Å². The van der Waals surface area contributed by atoms with Crippen molar-refractivity contribution in [1.82, 2.24) is 10.2 Å². The number of rotatable bonds is 6. The first-order valence-electron chi connectivity index (χ1n) is 8.95. The summed E-state index contributed by atoms with van der Waals surface area (Å²) in [7, 11) is 0. The summed E-state index contributed by atoms with van der Waals surface area (Å²) >= 11 is 2.74. The fourth-order valence-electron chi connectivity index (χ4n) is 2.99. The number of nitrogens with zero attached hydrogens (tertiary/aromatic N) is 3. The summed E-state index contributed by atoms with van der Waals surface area (Å²) in [6, 6.07) is 15.6. The second-order valence-corrected chi connectivity index (χ2v) is 8.72. The number of aromatic nitrogens is 2. The van der Waals surface area contributed by atoms with Crippen LogP contribution in [0.4, 0.5) is 15.2 Å². The molecule has 0 bridgehead atoms. The molecule has 1 atom stereocenters. The minimum atomic E-state index is -0.429. The number of nitrogens with one attached hydrogen (secondary N) is 1. The Labute approximate surface area is 175 Å². The molecule has 0 unspecified atom stereocenters. The highest BCUT2D eigenvalue weighted by Gasteiger charge is 2.35. The number of thioether (sulfide) groups is 1. The van der Waals surface area contributed by atoms with Crippen LogP contribution in [-0.4, -0.2) is 28.6 Å². The molecule has 1 saturated heterocycles. The molecule has 6 nitrogen and oxygen atoms in total. The highest BCUT2D eigenvalue weighted by atomic mass is 32.2. The molecule has 1 fully saturated rings. The van der Waals surface area contributed by atoms with Gasteiger partial charge in [-0.3, -0.25) is 9.59 Å². The first-order valence-corrected chi connectivity index (χ1v) is 10.8. The summed E-state index contributed by atoms with van der Waals surface area (Å²) < 4.78 is 13.7.